The number of nitro groups is 1. The first-order chi connectivity index (χ1) is 9.92. The predicted molar refractivity (Wildman–Crippen MR) is 71.1 cm³/mol. The number of nitrogen functional groups attached to an aromatic ring is 1. The predicted octanol–water partition coefficient (Wildman–Crippen LogP) is 3.20. The molecule has 0 atom stereocenters. The van der Waals surface area contributed by atoms with Crippen LogP contribution in [0.15, 0.2) is 24.3 Å². The van der Waals surface area contributed by atoms with Crippen LogP contribution in [0.4, 0.5) is 20.3 Å². The highest BCUT2D eigenvalue weighted by atomic mass is 19.1. The Morgan fingerprint density at radius 3 is 2.67 bits per heavy atom. The minimum absolute atomic E-state index is 0.199. The third-order valence-corrected chi connectivity index (χ3v) is 2.76. The van der Waals surface area contributed by atoms with Crippen molar-refractivity contribution in [2.24, 2.45) is 0 Å². The van der Waals surface area contributed by atoms with Gasteiger partial charge in [0.15, 0.2) is 17.5 Å². The van der Waals surface area contributed by atoms with Crippen LogP contribution in [0.5, 0.6) is 11.6 Å². The standard InChI is InChI=1S/C13H11F2N3O3/c1-2-7-3-4-11(10(5-7)18(19)20)21-13-9(15)6-8(14)12(16)17-13/h3-6H,2H2,1H3,(H2,16,17). The van der Waals surface area contributed by atoms with Crippen LogP contribution in [0.3, 0.4) is 0 Å². The van der Waals surface area contributed by atoms with E-state index in [2.05, 4.69) is 4.98 Å². The Kier molecular flexibility index (Phi) is 3.97. The molecule has 0 aliphatic carbocycles. The van der Waals surface area contributed by atoms with Crippen molar-refractivity contribution in [2.45, 2.75) is 13.3 Å². The second-order valence-electron chi connectivity index (χ2n) is 4.16. The molecule has 0 fully saturated rings. The first-order valence-corrected chi connectivity index (χ1v) is 5.99. The first-order valence-electron chi connectivity index (χ1n) is 5.99. The van der Waals surface area contributed by atoms with E-state index >= 15 is 0 Å². The van der Waals surface area contributed by atoms with E-state index in [1.807, 2.05) is 6.92 Å². The number of aryl methyl sites for hydroxylation is 1. The number of nitrogens with two attached hydrogens (primary N) is 1. The topological polar surface area (TPSA) is 91.3 Å². The number of aromatic nitrogens is 1. The molecule has 0 unspecified atom stereocenters. The van der Waals surface area contributed by atoms with Gasteiger partial charge in [-0.2, -0.15) is 4.98 Å². The van der Waals surface area contributed by atoms with Crippen LogP contribution < -0.4 is 10.5 Å². The molecule has 1 aromatic carbocycles. The quantitative estimate of drug-likeness (QED) is 0.690. The fourth-order valence-corrected chi connectivity index (χ4v) is 1.65. The number of ether oxygens (including phenoxy) is 1. The molecule has 0 bridgehead atoms. The molecule has 21 heavy (non-hydrogen) atoms. The maximum atomic E-state index is 13.5. The lowest BCUT2D eigenvalue weighted by atomic mass is 10.1. The van der Waals surface area contributed by atoms with Crippen molar-refractivity contribution in [1.29, 1.82) is 0 Å². The summed E-state index contributed by atoms with van der Waals surface area (Å²) in [6.45, 7) is 1.83. The monoisotopic (exact) mass is 295 g/mol. The molecular formula is C13H11F2N3O3. The first kappa shape index (κ1) is 14.6. The average molecular weight is 295 g/mol. The van der Waals surface area contributed by atoms with Gasteiger partial charge in [0.25, 0.3) is 5.88 Å². The number of halogens is 2. The Hall–Kier alpha value is -2.77. The van der Waals surface area contributed by atoms with Crippen molar-refractivity contribution in [3.05, 3.63) is 51.6 Å². The van der Waals surface area contributed by atoms with Gasteiger partial charge in [-0.05, 0) is 18.1 Å². The molecule has 0 saturated carbocycles. The van der Waals surface area contributed by atoms with Gasteiger partial charge < -0.3 is 10.5 Å². The van der Waals surface area contributed by atoms with Crippen LogP contribution in [-0.4, -0.2) is 9.91 Å². The van der Waals surface area contributed by atoms with E-state index in [4.69, 9.17) is 10.5 Å². The van der Waals surface area contributed by atoms with Gasteiger partial charge in [0.05, 0.1) is 4.92 Å². The molecule has 1 heterocycles. The molecule has 6 nitrogen and oxygen atoms in total. The van der Waals surface area contributed by atoms with Crippen molar-refractivity contribution in [2.75, 3.05) is 5.73 Å². The number of nitrogens with zero attached hydrogens (tertiary/aromatic N) is 2. The molecule has 0 aliphatic heterocycles. The van der Waals surface area contributed by atoms with Crippen LogP contribution >= 0.6 is 0 Å². The van der Waals surface area contributed by atoms with E-state index in [0.717, 1.165) is 5.56 Å². The third kappa shape index (κ3) is 3.04. The maximum Gasteiger partial charge on any atom is 0.311 e. The summed E-state index contributed by atoms with van der Waals surface area (Å²) in [5, 5.41) is 11.0. The molecule has 0 spiro atoms. The van der Waals surface area contributed by atoms with E-state index in [1.165, 1.54) is 12.1 Å². The van der Waals surface area contributed by atoms with Gasteiger partial charge >= 0.3 is 5.69 Å². The SMILES string of the molecule is CCc1ccc(Oc2nc(N)c(F)cc2F)c([N+](=O)[O-])c1. The summed E-state index contributed by atoms with van der Waals surface area (Å²) in [4.78, 5) is 13.8. The lowest BCUT2D eigenvalue weighted by Crippen LogP contribution is -2.02. The summed E-state index contributed by atoms with van der Waals surface area (Å²) in [6.07, 6.45) is 0.594. The lowest BCUT2D eigenvalue weighted by Gasteiger charge is -2.08. The zero-order valence-electron chi connectivity index (χ0n) is 11.0. The van der Waals surface area contributed by atoms with Crippen LogP contribution in [0.1, 0.15) is 12.5 Å². The Morgan fingerprint density at radius 2 is 2.05 bits per heavy atom. The smallest absolute Gasteiger partial charge is 0.311 e. The van der Waals surface area contributed by atoms with E-state index in [9.17, 15) is 18.9 Å². The number of anilines is 1. The summed E-state index contributed by atoms with van der Waals surface area (Å²) >= 11 is 0. The molecule has 0 saturated heterocycles. The fourth-order valence-electron chi connectivity index (χ4n) is 1.65. The molecule has 0 aliphatic rings. The summed E-state index contributed by atoms with van der Waals surface area (Å²) in [5.41, 5.74) is 5.61. The number of hydrogen-bond donors (Lipinski definition) is 1. The van der Waals surface area contributed by atoms with Crippen molar-refractivity contribution < 1.29 is 18.4 Å². The second-order valence-corrected chi connectivity index (χ2v) is 4.16. The van der Waals surface area contributed by atoms with Crippen LogP contribution in [0, 0.1) is 21.7 Å². The van der Waals surface area contributed by atoms with E-state index in [1.54, 1.807) is 6.07 Å². The zero-order valence-corrected chi connectivity index (χ0v) is 11.0. The van der Waals surface area contributed by atoms with Gasteiger partial charge in [-0.15, -0.1) is 0 Å². The van der Waals surface area contributed by atoms with Gasteiger partial charge in [0, 0.05) is 12.1 Å². The number of hydrogen-bond acceptors (Lipinski definition) is 5. The van der Waals surface area contributed by atoms with Gasteiger partial charge in [0.1, 0.15) is 0 Å². The Bertz CT molecular complexity index is 707. The minimum Gasteiger partial charge on any atom is -0.429 e. The highest BCUT2D eigenvalue weighted by Crippen LogP contribution is 2.33. The molecule has 0 amide bonds. The molecular weight excluding hydrogens is 284 g/mol. The van der Waals surface area contributed by atoms with Crippen LogP contribution in [0.25, 0.3) is 0 Å². The van der Waals surface area contributed by atoms with Crippen molar-refractivity contribution in [3.63, 3.8) is 0 Å². The molecule has 1 aromatic heterocycles. The van der Waals surface area contributed by atoms with E-state index < -0.39 is 28.3 Å². The lowest BCUT2D eigenvalue weighted by molar-refractivity contribution is -0.385. The normalized spacial score (nSPS) is 10.4. The highest BCUT2D eigenvalue weighted by molar-refractivity contribution is 5.50. The summed E-state index contributed by atoms with van der Waals surface area (Å²) in [5.74, 6) is -3.51. The molecule has 110 valence electrons. The zero-order chi connectivity index (χ0) is 15.6. The van der Waals surface area contributed by atoms with Crippen molar-refractivity contribution in [3.8, 4) is 11.6 Å². The molecule has 2 rings (SSSR count). The summed E-state index contributed by atoms with van der Waals surface area (Å²) < 4.78 is 31.6. The number of pyridine rings is 1. The van der Waals surface area contributed by atoms with E-state index in [-0.39, 0.29) is 11.4 Å². The van der Waals surface area contributed by atoms with Gasteiger partial charge in [0.2, 0.25) is 5.75 Å². The van der Waals surface area contributed by atoms with Gasteiger partial charge in [-0.1, -0.05) is 13.0 Å². The number of nitro benzene ring substituents is 1. The summed E-state index contributed by atoms with van der Waals surface area (Å²) in [7, 11) is 0. The van der Waals surface area contributed by atoms with Crippen LogP contribution in [-0.2, 0) is 6.42 Å². The van der Waals surface area contributed by atoms with Crippen molar-refractivity contribution >= 4 is 11.5 Å². The molecule has 8 heteroatoms. The maximum absolute atomic E-state index is 13.5. The van der Waals surface area contributed by atoms with Gasteiger partial charge in [-0.25, -0.2) is 8.78 Å². The Labute approximate surface area is 118 Å². The third-order valence-electron chi connectivity index (χ3n) is 2.76. The van der Waals surface area contributed by atoms with E-state index in [0.29, 0.717) is 12.5 Å². The molecule has 2 aromatic rings. The van der Waals surface area contributed by atoms with Gasteiger partial charge in [-0.3, -0.25) is 10.1 Å². The minimum atomic E-state index is -1.10. The Balaban J connectivity index is 2.44. The van der Waals surface area contributed by atoms with Crippen molar-refractivity contribution in [1.82, 2.24) is 4.98 Å². The average Bonchev–Trinajstić information content (AvgIpc) is 2.44. The fraction of sp³-hybridized carbons (Fsp3) is 0.154. The second kappa shape index (κ2) is 5.70. The molecule has 2 N–H and O–H groups in total. The number of rotatable bonds is 4. The van der Waals surface area contributed by atoms with Crippen LogP contribution in [0.2, 0.25) is 0 Å². The summed E-state index contributed by atoms with van der Waals surface area (Å²) in [6, 6.07) is 4.76. The molecule has 0 radical (unpaired) electrons. The largest absolute Gasteiger partial charge is 0.429 e. The highest BCUT2D eigenvalue weighted by Gasteiger charge is 2.19. The Morgan fingerprint density at radius 1 is 1.33 bits per heavy atom. The number of benzene rings is 1.